The molecule has 4 heterocycles. The third kappa shape index (κ3) is 4.68. The van der Waals surface area contributed by atoms with E-state index in [-0.39, 0.29) is 6.10 Å². The van der Waals surface area contributed by atoms with E-state index in [4.69, 9.17) is 16.3 Å². The summed E-state index contributed by atoms with van der Waals surface area (Å²) in [5, 5.41) is 35.0. The first-order chi connectivity index (χ1) is 16.0. The maximum atomic E-state index is 10.7. The number of imidazole rings is 1. The first-order valence-corrected chi connectivity index (χ1v) is 11.5. The minimum absolute atomic E-state index is 0.271. The Morgan fingerprint density at radius 2 is 1.91 bits per heavy atom. The molecule has 10 nitrogen and oxygen atoms in total. The Hall–Kier alpha value is -2.34. The van der Waals surface area contributed by atoms with Gasteiger partial charge in [0.05, 0.1) is 12.4 Å². The number of fused-ring (bicyclic) bond motifs is 1. The minimum atomic E-state index is -1.12. The Labute approximate surface area is 195 Å². The van der Waals surface area contributed by atoms with Gasteiger partial charge in [0.15, 0.2) is 23.2 Å². The summed E-state index contributed by atoms with van der Waals surface area (Å²) >= 11 is 6.06. The largest absolute Gasteiger partial charge is 0.393 e. The number of nitrogens with one attached hydrogen (secondary N) is 1. The molecule has 0 radical (unpaired) electrons. The van der Waals surface area contributed by atoms with Crippen LogP contribution in [0.15, 0.2) is 36.9 Å². The minimum Gasteiger partial charge on any atom is -0.393 e. The third-order valence-corrected chi connectivity index (χ3v) is 6.55. The molecule has 0 saturated carbocycles. The molecule has 3 aromatic rings. The number of halogens is 1. The van der Waals surface area contributed by atoms with E-state index < -0.39 is 24.5 Å². The van der Waals surface area contributed by atoms with Crippen LogP contribution in [-0.4, -0.2) is 83.8 Å². The van der Waals surface area contributed by atoms with Crippen molar-refractivity contribution in [3.8, 4) is 0 Å². The fraction of sp³-hybridized carbons (Fsp3) is 0.500. The Balaban J connectivity index is 1.32. The topological polar surface area (TPSA) is 129 Å². The zero-order chi connectivity index (χ0) is 22.9. The Morgan fingerprint density at radius 1 is 1.09 bits per heavy atom. The van der Waals surface area contributed by atoms with Crippen LogP contribution in [0.25, 0.3) is 11.2 Å². The number of hydrogen-bond donors (Lipinski definition) is 4. The molecule has 0 aliphatic carbocycles. The lowest BCUT2D eigenvalue weighted by atomic mass is 10.1. The van der Waals surface area contributed by atoms with Crippen molar-refractivity contribution < 1.29 is 20.1 Å². The Bertz CT molecular complexity index is 1110. The summed E-state index contributed by atoms with van der Waals surface area (Å²) in [7, 11) is 0. The lowest BCUT2D eigenvalue weighted by Crippen LogP contribution is -2.44. The highest BCUT2D eigenvalue weighted by Crippen LogP contribution is 2.33. The van der Waals surface area contributed by atoms with Gasteiger partial charge in [-0.25, -0.2) is 15.0 Å². The number of aromatic nitrogens is 4. The van der Waals surface area contributed by atoms with Crippen molar-refractivity contribution in [1.82, 2.24) is 24.4 Å². The molecule has 0 bridgehead atoms. The first kappa shape index (κ1) is 22.5. The number of benzene rings is 1. The molecule has 11 heteroatoms. The van der Waals surface area contributed by atoms with E-state index in [9.17, 15) is 15.3 Å². The van der Waals surface area contributed by atoms with E-state index in [0.29, 0.717) is 47.9 Å². The molecule has 0 unspecified atom stereocenters. The number of ether oxygens (including phenoxy) is 1. The highest BCUT2D eigenvalue weighted by Gasteiger charge is 2.45. The van der Waals surface area contributed by atoms with Gasteiger partial charge >= 0.3 is 0 Å². The molecule has 33 heavy (non-hydrogen) atoms. The fourth-order valence-electron chi connectivity index (χ4n) is 4.47. The number of aliphatic hydroxyl groups is 3. The van der Waals surface area contributed by atoms with Crippen molar-refractivity contribution in [3.63, 3.8) is 0 Å². The molecule has 5 rings (SSSR count). The second kappa shape index (κ2) is 9.49. The van der Waals surface area contributed by atoms with E-state index in [1.54, 1.807) is 10.9 Å². The summed E-state index contributed by atoms with van der Waals surface area (Å²) < 4.78 is 7.71. The van der Waals surface area contributed by atoms with Gasteiger partial charge in [-0.15, -0.1) is 0 Å². The number of piperidine rings is 1. The maximum absolute atomic E-state index is 10.7. The van der Waals surface area contributed by atoms with Gasteiger partial charge in [-0.2, -0.15) is 0 Å². The molecule has 2 aliphatic rings. The zero-order valence-electron chi connectivity index (χ0n) is 18.0. The van der Waals surface area contributed by atoms with Crippen molar-refractivity contribution in [2.45, 2.75) is 50.0 Å². The van der Waals surface area contributed by atoms with Crippen molar-refractivity contribution in [1.29, 1.82) is 0 Å². The molecule has 0 amide bonds. The van der Waals surface area contributed by atoms with Crippen LogP contribution in [0.4, 0.5) is 5.82 Å². The highest BCUT2D eigenvalue weighted by atomic mass is 35.5. The second-order valence-corrected chi connectivity index (χ2v) is 9.04. The molecule has 176 valence electrons. The van der Waals surface area contributed by atoms with Gasteiger partial charge in [0.2, 0.25) is 0 Å². The van der Waals surface area contributed by atoms with Crippen LogP contribution in [-0.2, 0) is 11.3 Å². The summed E-state index contributed by atoms with van der Waals surface area (Å²) in [5.41, 5.74) is 2.04. The predicted octanol–water partition coefficient (Wildman–Crippen LogP) is 1.17. The van der Waals surface area contributed by atoms with Gasteiger partial charge < -0.3 is 30.3 Å². The van der Waals surface area contributed by atoms with E-state index in [2.05, 4.69) is 25.2 Å². The number of anilines is 1. The summed E-state index contributed by atoms with van der Waals surface area (Å²) in [4.78, 5) is 15.2. The van der Waals surface area contributed by atoms with Crippen LogP contribution in [0.2, 0.25) is 5.02 Å². The monoisotopic (exact) mass is 474 g/mol. The van der Waals surface area contributed by atoms with Gasteiger partial charge in [-0.05, 0) is 30.5 Å². The van der Waals surface area contributed by atoms with Crippen LogP contribution in [0.1, 0.15) is 24.6 Å². The summed E-state index contributed by atoms with van der Waals surface area (Å²) in [6.07, 6.45) is 0.557. The van der Waals surface area contributed by atoms with Crippen molar-refractivity contribution in [3.05, 3.63) is 47.5 Å². The van der Waals surface area contributed by atoms with E-state index in [1.807, 2.05) is 24.3 Å². The Kier molecular flexibility index (Phi) is 6.46. The number of nitrogens with zero attached hydrogens (tertiary/aromatic N) is 5. The summed E-state index contributed by atoms with van der Waals surface area (Å²) in [5.74, 6) is 0.551. The fourth-order valence-corrected chi connectivity index (χ4v) is 4.68. The number of likely N-dealkylation sites (tertiary alicyclic amines) is 1. The van der Waals surface area contributed by atoms with Gasteiger partial charge in [0.25, 0.3) is 0 Å². The van der Waals surface area contributed by atoms with Gasteiger partial charge in [0, 0.05) is 31.2 Å². The van der Waals surface area contributed by atoms with Gasteiger partial charge in [-0.3, -0.25) is 4.57 Å². The second-order valence-electron chi connectivity index (χ2n) is 8.61. The number of rotatable bonds is 6. The van der Waals surface area contributed by atoms with Crippen LogP contribution in [0.3, 0.4) is 0 Å². The van der Waals surface area contributed by atoms with Crippen molar-refractivity contribution in [2.24, 2.45) is 0 Å². The maximum Gasteiger partial charge on any atom is 0.167 e. The molecule has 1 aromatic carbocycles. The first-order valence-electron chi connectivity index (χ1n) is 11.1. The third-order valence-electron chi connectivity index (χ3n) is 6.31. The van der Waals surface area contributed by atoms with Crippen molar-refractivity contribution >= 4 is 28.6 Å². The summed E-state index contributed by atoms with van der Waals surface area (Å²) in [6, 6.07) is 7.54. The highest BCUT2D eigenvalue weighted by molar-refractivity contribution is 6.30. The molecule has 2 aliphatic heterocycles. The Morgan fingerprint density at radius 3 is 2.70 bits per heavy atom. The lowest BCUT2D eigenvalue weighted by molar-refractivity contribution is -0.0488. The van der Waals surface area contributed by atoms with Crippen LogP contribution < -0.4 is 5.32 Å². The molecular weight excluding hydrogens is 448 g/mol. The van der Waals surface area contributed by atoms with E-state index in [1.165, 1.54) is 6.33 Å². The van der Waals surface area contributed by atoms with E-state index in [0.717, 1.165) is 18.7 Å². The average Bonchev–Trinajstić information content (AvgIpc) is 3.36. The van der Waals surface area contributed by atoms with Crippen LogP contribution in [0, 0.1) is 0 Å². The molecule has 4 atom stereocenters. The van der Waals surface area contributed by atoms with Crippen molar-refractivity contribution in [2.75, 3.05) is 25.0 Å². The summed E-state index contributed by atoms with van der Waals surface area (Å²) in [6.45, 7) is 2.46. The molecule has 2 fully saturated rings. The molecule has 4 N–H and O–H groups in total. The number of aliphatic hydroxyl groups excluding tert-OH is 3. The molecule has 2 saturated heterocycles. The predicted molar refractivity (Wildman–Crippen MR) is 122 cm³/mol. The SMILES string of the molecule is OC1CCN(C[C@H]2O[C@@H](n3cnc4c(NCc5cccc(Cl)c5)ncnc43)[C@H](O)[C@@H]2O)CC1. The normalized spacial score (nSPS) is 26.8. The lowest BCUT2D eigenvalue weighted by Gasteiger charge is -2.31. The van der Waals surface area contributed by atoms with Crippen LogP contribution in [0.5, 0.6) is 0 Å². The average molecular weight is 475 g/mol. The quantitative estimate of drug-likeness (QED) is 0.416. The smallest absolute Gasteiger partial charge is 0.167 e. The zero-order valence-corrected chi connectivity index (χ0v) is 18.7. The van der Waals surface area contributed by atoms with Gasteiger partial charge in [-0.1, -0.05) is 23.7 Å². The standard InChI is InChI=1S/C22H27ClN6O4/c23-14-3-1-2-13(8-14)9-24-20-17-21(26-11-25-20)29(12-27-17)22-19(32)18(31)16(33-22)10-28-6-4-15(30)5-7-28/h1-3,8,11-12,15-16,18-19,22,30-32H,4-7,9-10H2,(H,24,25,26)/t16-,18-,19-,22-/m1/s1. The molecule has 2 aromatic heterocycles. The number of hydrogen-bond acceptors (Lipinski definition) is 9. The molecular formula is C22H27ClN6O4. The molecule has 0 spiro atoms. The van der Waals surface area contributed by atoms with Gasteiger partial charge in [0.1, 0.15) is 24.6 Å². The van der Waals surface area contributed by atoms with Crippen LogP contribution >= 0.6 is 11.6 Å². The van der Waals surface area contributed by atoms with E-state index >= 15 is 0 Å².